The van der Waals surface area contributed by atoms with Crippen molar-refractivity contribution in [2.75, 3.05) is 0 Å². The van der Waals surface area contributed by atoms with Gasteiger partial charge in [0.2, 0.25) is 0 Å². The molecule has 0 aliphatic heterocycles. The van der Waals surface area contributed by atoms with E-state index in [4.69, 9.17) is 5.73 Å². The van der Waals surface area contributed by atoms with Gasteiger partial charge >= 0.3 is 0 Å². The summed E-state index contributed by atoms with van der Waals surface area (Å²) >= 11 is 0. The molecule has 0 heterocycles. The van der Waals surface area contributed by atoms with Gasteiger partial charge in [-0.05, 0) is 36.3 Å². The first kappa shape index (κ1) is 11.3. The molecular formula is C15H21N. The topological polar surface area (TPSA) is 26.0 Å². The van der Waals surface area contributed by atoms with Gasteiger partial charge in [-0.2, -0.15) is 0 Å². The molecule has 0 amide bonds. The highest BCUT2D eigenvalue weighted by atomic mass is 14.6. The number of hydrogen-bond acceptors (Lipinski definition) is 1. The summed E-state index contributed by atoms with van der Waals surface area (Å²) in [6.07, 6.45) is 11.2. The molecule has 0 spiro atoms. The average molecular weight is 215 g/mol. The van der Waals surface area contributed by atoms with Crippen LogP contribution >= 0.6 is 0 Å². The molecule has 1 heteroatoms. The molecule has 1 fully saturated rings. The molecule has 2 aliphatic carbocycles. The van der Waals surface area contributed by atoms with Crippen molar-refractivity contribution in [3.05, 3.63) is 47.2 Å². The summed E-state index contributed by atoms with van der Waals surface area (Å²) in [5, 5.41) is 0. The Morgan fingerprint density at radius 2 is 1.94 bits per heavy atom. The van der Waals surface area contributed by atoms with E-state index in [9.17, 15) is 0 Å². The minimum atomic E-state index is 0.145. The van der Waals surface area contributed by atoms with Crippen molar-refractivity contribution in [2.24, 2.45) is 23.0 Å². The Morgan fingerprint density at radius 3 is 2.50 bits per heavy atom. The molecule has 0 aromatic heterocycles. The lowest BCUT2D eigenvalue weighted by atomic mass is 9.75. The summed E-state index contributed by atoms with van der Waals surface area (Å²) in [6.45, 7) is 8.74. The molecule has 1 nitrogen and oxygen atoms in total. The second kappa shape index (κ2) is 3.65. The van der Waals surface area contributed by atoms with Crippen LogP contribution in [0.4, 0.5) is 0 Å². The van der Waals surface area contributed by atoms with Crippen LogP contribution in [0.25, 0.3) is 0 Å². The van der Waals surface area contributed by atoms with Crippen LogP contribution < -0.4 is 5.73 Å². The van der Waals surface area contributed by atoms with Crippen molar-refractivity contribution in [2.45, 2.75) is 27.7 Å². The highest BCUT2D eigenvalue weighted by Crippen LogP contribution is 2.56. The molecule has 2 atom stereocenters. The van der Waals surface area contributed by atoms with Gasteiger partial charge in [-0.25, -0.2) is 0 Å². The van der Waals surface area contributed by atoms with Gasteiger partial charge in [-0.3, -0.25) is 0 Å². The Balaban J connectivity index is 2.62. The lowest BCUT2D eigenvalue weighted by molar-refractivity contribution is 0.331. The number of fused-ring (bicyclic) bond motifs is 1. The first-order valence-electron chi connectivity index (χ1n) is 5.98. The number of rotatable bonds is 0. The smallest absolute Gasteiger partial charge is 0.00927 e. The Hall–Kier alpha value is -1.24. The molecule has 2 aliphatic rings. The van der Waals surface area contributed by atoms with Gasteiger partial charge in [0, 0.05) is 11.6 Å². The van der Waals surface area contributed by atoms with Crippen molar-refractivity contribution in [1.29, 1.82) is 0 Å². The second-order valence-corrected chi connectivity index (χ2v) is 5.35. The number of allylic oxidation sites excluding steroid dienone is 8. The standard InChI is InChI=1S/C15H21N/c1-5-11-12-8-6-7-9-13(12)15(3,4)14(11)10(2)16/h5-9,12-13H,16H2,1-4H3/b11-5-,14-10-. The van der Waals surface area contributed by atoms with Crippen LogP contribution in [0.1, 0.15) is 27.7 Å². The fraction of sp³-hybridized carbons (Fsp3) is 0.467. The van der Waals surface area contributed by atoms with Crippen LogP contribution in [-0.2, 0) is 0 Å². The number of hydrogen-bond donors (Lipinski definition) is 1. The van der Waals surface area contributed by atoms with Gasteiger partial charge < -0.3 is 5.73 Å². The summed E-state index contributed by atoms with van der Waals surface area (Å²) < 4.78 is 0. The predicted molar refractivity (Wildman–Crippen MR) is 69.7 cm³/mol. The van der Waals surface area contributed by atoms with Crippen molar-refractivity contribution < 1.29 is 0 Å². The molecule has 2 unspecified atom stereocenters. The molecule has 1 saturated carbocycles. The Labute approximate surface area is 98.4 Å². The van der Waals surface area contributed by atoms with E-state index < -0.39 is 0 Å². The SMILES string of the molecule is C/C=C1\C(=C(/C)N)C(C)(C)C2C=CC=CC12. The number of nitrogens with two attached hydrogens (primary N) is 1. The highest BCUT2D eigenvalue weighted by Gasteiger charge is 2.47. The zero-order chi connectivity index (χ0) is 11.9. The van der Waals surface area contributed by atoms with E-state index in [2.05, 4.69) is 51.2 Å². The van der Waals surface area contributed by atoms with Gasteiger partial charge in [-0.15, -0.1) is 0 Å². The zero-order valence-electron chi connectivity index (χ0n) is 10.6. The molecule has 0 aromatic carbocycles. The third-order valence-electron chi connectivity index (χ3n) is 3.97. The van der Waals surface area contributed by atoms with E-state index in [1.165, 1.54) is 11.1 Å². The van der Waals surface area contributed by atoms with Crippen LogP contribution in [0, 0.1) is 17.3 Å². The maximum absolute atomic E-state index is 6.08. The second-order valence-electron chi connectivity index (χ2n) is 5.35. The lowest BCUT2D eigenvalue weighted by Crippen LogP contribution is -2.22. The van der Waals surface area contributed by atoms with Crippen molar-refractivity contribution in [1.82, 2.24) is 0 Å². The fourth-order valence-corrected chi connectivity index (χ4v) is 3.37. The molecule has 0 radical (unpaired) electrons. The Morgan fingerprint density at radius 1 is 1.31 bits per heavy atom. The van der Waals surface area contributed by atoms with Gasteiger partial charge in [0.05, 0.1) is 0 Å². The molecule has 86 valence electrons. The molecule has 0 saturated heterocycles. The highest BCUT2D eigenvalue weighted by molar-refractivity contribution is 5.50. The minimum absolute atomic E-state index is 0.145. The van der Waals surface area contributed by atoms with Crippen LogP contribution in [0.2, 0.25) is 0 Å². The van der Waals surface area contributed by atoms with Crippen LogP contribution in [-0.4, -0.2) is 0 Å². The summed E-state index contributed by atoms with van der Waals surface area (Å²) in [7, 11) is 0. The first-order valence-corrected chi connectivity index (χ1v) is 5.98. The zero-order valence-corrected chi connectivity index (χ0v) is 10.6. The third kappa shape index (κ3) is 1.38. The average Bonchev–Trinajstić information content (AvgIpc) is 2.47. The maximum Gasteiger partial charge on any atom is 0.00927 e. The molecule has 2 N–H and O–H groups in total. The van der Waals surface area contributed by atoms with Gasteiger partial charge in [-0.1, -0.05) is 44.2 Å². The molecule has 2 rings (SSSR count). The van der Waals surface area contributed by atoms with Crippen LogP contribution in [0.3, 0.4) is 0 Å². The van der Waals surface area contributed by atoms with E-state index in [0.717, 1.165) is 5.70 Å². The minimum Gasteiger partial charge on any atom is -0.402 e. The molecule has 16 heavy (non-hydrogen) atoms. The van der Waals surface area contributed by atoms with Crippen LogP contribution in [0.15, 0.2) is 47.2 Å². The maximum atomic E-state index is 6.08. The lowest BCUT2D eigenvalue weighted by Gasteiger charge is -2.29. The molecular weight excluding hydrogens is 194 g/mol. The summed E-state index contributed by atoms with van der Waals surface area (Å²) in [5.41, 5.74) is 9.96. The van der Waals surface area contributed by atoms with E-state index in [1.54, 1.807) is 0 Å². The first-order chi connectivity index (χ1) is 7.50. The quantitative estimate of drug-likeness (QED) is 0.657. The summed E-state index contributed by atoms with van der Waals surface area (Å²) in [4.78, 5) is 0. The van der Waals surface area contributed by atoms with E-state index in [-0.39, 0.29) is 5.41 Å². The molecule has 0 bridgehead atoms. The summed E-state index contributed by atoms with van der Waals surface area (Å²) in [6, 6.07) is 0. The summed E-state index contributed by atoms with van der Waals surface area (Å²) in [5.74, 6) is 1.07. The largest absolute Gasteiger partial charge is 0.402 e. The Kier molecular flexibility index (Phi) is 2.57. The fourth-order valence-electron chi connectivity index (χ4n) is 3.37. The van der Waals surface area contributed by atoms with Gasteiger partial charge in [0.15, 0.2) is 0 Å². The van der Waals surface area contributed by atoms with E-state index >= 15 is 0 Å². The van der Waals surface area contributed by atoms with Crippen molar-refractivity contribution >= 4 is 0 Å². The Bertz CT molecular complexity index is 415. The van der Waals surface area contributed by atoms with E-state index in [0.29, 0.717) is 11.8 Å². The van der Waals surface area contributed by atoms with Crippen molar-refractivity contribution in [3.63, 3.8) is 0 Å². The van der Waals surface area contributed by atoms with Gasteiger partial charge in [0.25, 0.3) is 0 Å². The molecule has 0 aromatic rings. The predicted octanol–water partition coefficient (Wildman–Crippen LogP) is 3.56. The van der Waals surface area contributed by atoms with Crippen molar-refractivity contribution in [3.8, 4) is 0 Å². The monoisotopic (exact) mass is 215 g/mol. The van der Waals surface area contributed by atoms with E-state index in [1.807, 2.05) is 6.92 Å². The third-order valence-corrected chi connectivity index (χ3v) is 3.97. The normalized spacial score (nSPS) is 36.6. The van der Waals surface area contributed by atoms with Crippen LogP contribution in [0.5, 0.6) is 0 Å². The van der Waals surface area contributed by atoms with Gasteiger partial charge in [0.1, 0.15) is 0 Å².